The second-order valence-electron chi connectivity index (χ2n) is 3.05. The summed E-state index contributed by atoms with van der Waals surface area (Å²) in [6, 6.07) is 2.95. The second kappa shape index (κ2) is 4.14. The third kappa shape index (κ3) is 1.93. The molecule has 0 saturated heterocycles. The van der Waals surface area contributed by atoms with Crippen LogP contribution in [-0.4, -0.2) is 15.8 Å². The summed E-state index contributed by atoms with van der Waals surface area (Å²) in [7, 11) is 0. The first-order valence-corrected chi connectivity index (χ1v) is 4.44. The average Bonchev–Trinajstić information content (AvgIpc) is 2.33. The Kier molecular flexibility index (Phi) is 2.68. The van der Waals surface area contributed by atoms with Crippen LogP contribution in [0.2, 0.25) is 0 Å². The lowest BCUT2D eigenvalue weighted by Crippen LogP contribution is -2.05. The van der Waals surface area contributed by atoms with Gasteiger partial charge in [0.25, 0.3) is 0 Å². The van der Waals surface area contributed by atoms with Crippen molar-refractivity contribution < 1.29 is 13.6 Å². The molecule has 1 aromatic heterocycles. The molecule has 0 spiro atoms. The Hall–Kier alpha value is -2.17. The number of rotatable bonds is 2. The lowest BCUT2D eigenvalue weighted by atomic mass is 10.1. The smallest absolute Gasteiger partial charge is 0.213 e. The van der Waals surface area contributed by atoms with Gasteiger partial charge in [0.05, 0.1) is 6.20 Å². The van der Waals surface area contributed by atoms with Crippen molar-refractivity contribution >= 4 is 5.78 Å². The van der Waals surface area contributed by atoms with Crippen molar-refractivity contribution in [1.29, 1.82) is 0 Å². The Morgan fingerprint density at radius 2 is 1.94 bits per heavy atom. The van der Waals surface area contributed by atoms with Gasteiger partial charge in [-0.25, -0.2) is 13.8 Å². The molecule has 0 aliphatic rings. The van der Waals surface area contributed by atoms with E-state index in [0.29, 0.717) is 0 Å². The summed E-state index contributed by atoms with van der Waals surface area (Å²) in [6.45, 7) is 0. The highest BCUT2D eigenvalue weighted by Gasteiger charge is 2.12. The van der Waals surface area contributed by atoms with E-state index in [1.807, 2.05) is 0 Å². The number of hydrogen-bond acceptors (Lipinski definition) is 3. The molecule has 0 saturated carbocycles. The molecule has 1 heterocycles. The summed E-state index contributed by atoms with van der Waals surface area (Å²) >= 11 is 0. The molecule has 0 unspecified atom stereocenters. The summed E-state index contributed by atoms with van der Waals surface area (Å²) in [5.41, 5.74) is 0.132. The largest absolute Gasteiger partial charge is 0.287 e. The molecule has 2 rings (SSSR count). The Morgan fingerprint density at radius 3 is 2.56 bits per heavy atom. The molecular weight excluding hydrogens is 214 g/mol. The summed E-state index contributed by atoms with van der Waals surface area (Å²) < 4.78 is 25.5. The normalized spacial score (nSPS) is 10.1. The van der Waals surface area contributed by atoms with E-state index in [-0.39, 0.29) is 11.3 Å². The molecule has 0 bridgehead atoms. The van der Waals surface area contributed by atoms with Crippen molar-refractivity contribution in [3.63, 3.8) is 0 Å². The molecule has 0 atom stereocenters. The van der Waals surface area contributed by atoms with E-state index in [1.54, 1.807) is 0 Å². The highest BCUT2D eigenvalue weighted by atomic mass is 19.2. The van der Waals surface area contributed by atoms with Crippen molar-refractivity contribution in [2.24, 2.45) is 0 Å². The molecule has 3 nitrogen and oxygen atoms in total. The SMILES string of the molecule is O=C(c1ccc(F)c(F)c1)c1cnccn1. The molecule has 5 heteroatoms. The van der Waals surface area contributed by atoms with E-state index in [1.165, 1.54) is 24.7 Å². The number of carbonyl (C=O) groups is 1. The van der Waals surface area contributed by atoms with Crippen LogP contribution in [-0.2, 0) is 0 Å². The highest BCUT2D eigenvalue weighted by Crippen LogP contribution is 2.11. The Morgan fingerprint density at radius 1 is 1.12 bits per heavy atom. The first-order chi connectivity index (χ1) is 7.68. The number of halogens is 2. The van der Waals surface area contributed by atoms with Crippen LogP contribution in [0.4, 0.5) is 8.78 Å². The quantitative estimate of drug-likeness (QED) is 0.727. The number of carbonyl (C=O) groups excluding carboxylic acids is 1. The second-order valence-corrected chi connectivity index (χ2v) is 3.05. The minimum Gasteiger partial charge on any atom is -0.287 e. The monoisotopic (exact) mass is 220 g/mol. The van der Waals surface area contributed by atoms with E-state index in [0.717, 1.165) is 12.1 Å². The topological polar surface area (TPSA) is 42.9 Å². The summed E-state index contributed by atoms with van der Waals surface area (Å²) in [5.74, 6) is -2.54. The van der Waals surface area contributed by atoms with Gasteiger partial charge in [-0.05, 0) is 18.2 Å². The third-order valence-corrected chi connectivity index (χ3v) is 1.98. The van der Waals surface area contributed by atoms with Crippen molar-refractivity contribution in [1.82, 2.24) is 9.97 Å². The van der Waals surface area contributed by atoms with Crippen LogP contribution in [0.5, 0.6) is 0 Å². The molecule has 2 aromatic rings. The van der Waals surface area contributed by atoms with Gasteiger partial charge in [0.2, 0.25) is 5.78 Å². The van der Waals surface area contributed by atoms with Crippen molar-refractivity contribution in [2.45, 2.75) is 0 Å². The van der Waals surface area contributed by atoms with Gasteiger partial charge in [0.15, 0.2) is 11.6 Å². The van der Waals surface area contributed by atoms with E-state index >= 15 is 0 Å². The van der Waals surface area contributed by atoms with Gasteiger partial charge < -0.3 is 0 Å². The number of hydrogen-bond donors (Lipinski definition) is 0. The molecule has 16 heavy (non-hydrogen) atoms. The molecule has 0 aliphatic carbocycles. The molecule has 80 valence electrons. The van der Waals surface area contributed by atoms with Crippen LogP contribution in [0, 0.1) is 11.6 Å². The maximum atomic E-state index is 12.9. The van der Waals surface area contributed by atoms with Gasteiger partial charge >= 0.3 is 0 Å². The zero-order valence-corrected chi connectivity index (χ0v) is 8.02. The first-order valence-electron chi connectivity index (χ1n) is 4.44. The van der Waals surface area contributed by atoms with E-state index in [9.17, 15) is 13.6 Å². The molecule has 0 fully saturated rings. The molecule has 0 radical (unpaired) electrons. The summed E-state index contributed by atoms with van der Waals surface area (Å²) in [5, 5.41) is 0. The van der Waals surface area contributed by atoms with Crippen LogP contribution in [0.3, 0.4) is 0 Å². The van der Waals surface area contributed by atoms with Gasteiger partial charge in [-0.15, -0.1) is 0 Å². The zero-order chi connectivity index (χ0) is 11.5. The first kappa shape index (κ1) is 10.4. The van der Waals surface area contributed by atoms with Crippen molar-refractivity contribution in [2.75, 3.05) is 0 Å². The summed E-state index contributed by atoms with van der Waals surface area (Å²) in [6.07, 6.45) is 4.04. The lowest BCUT2D eigenvalue weighted by molar-refractivity contribution is 0.103. The zero-order valence-electron chi connectivity index (χ0n) is 8.02. The van der Waals surface area contributed by atoms with E-state index < -0.39 is 17.4 Å². The van der Waals surface area contributed by atoms with Gasteiger partial charge in [-0.1, -0.05) is 0 Å². The van der Waals surface area contributed by atoms with Crippen LogP contribution in [0.15, 0.2) is 36.8 Å². The maximum Gasteiger partial charge on any atom is 0.213 e. The van der Waals surface area contributed by atoms with E-state index in [2.05, 4.69) is 9.97 Å². The minimum absolute atomic E-state index is 0.0411. The number of aromatic nitrogens is 2. The number of benzene rings is 1. The fourth-order valence-electron chi connectivity index (χ4n) is 1.20. The van der Waals surface area contributed by atoms with Crippen LogP contribution in [0.1, 0.15) is 16.1 Å². The number of nitrogens with zero attached hydrogens (tertiary/aromatic N) is 2. The van der Waals surface area contributed by atoms with Crippen molar-refractivity contribution in [3.8, 4) is 0 Å². The average molecular weight is 220 g/mol. The van der Waals surface area contributed by atoms with Gasteiger partial charge in [-0.2, -0.15) is 0 Å². The van der Waals surface area contributed by atoms with Crippen LogP contribution in [0.25, 0.3) is 0 Å². The fourth-order valence-corrected chi connectivity index (χ4v) is 1.20. The molecule has 0 amide bonds. The van der Waals surface area contributed by atoms with Crippen LogP contribution < -0.4 is 0 Å². The molecule has 0 N–H and O–H groups in total. The lowest BCUT2D eigenvalue weighted by Gasteiger charge is -2.00. The summed E-state index contributed by atoms with van der Waals surface area (Å²) in [4.78, 5) is 19.2. The molecule has 0 aliphatic heterocycles. The van der Waals surface area contributed by atoms with Gasteiger partial charge in [-0.3, -0.25) is 9.78 Å². The molecular formula is C11H6F2N2O. The van der Waals surface area contributed by atoms with Gasteiger partial charge in [0.1, 0.15) is 5.69 Å². The van der Waals surface area contributed by atoms with Crippen molar-refractivity contribution in [3.05, 3.63) is 59.7 Å². The fraction of sp³-hybridized carbons (Fsp3) is 0. The Bertz CT molecular complexity index is 529. The molecule has 1 aromatic carbocycles. The highest BCUT2D eigenvalue weighted by molar-refractivity contribution is 6.07. The Labute approximate surface area is 89.8 Å². The third-order valence-electron chi connectivity index (χ3n) is 1.98. The maximum absolute atomic E-state index is 12.9. The minimum atomic E-state index is -1.06. The predicted molar refractivity (Wildman–Crippen MR) is 51.8 cm³/mol. The Balaban J connectivity index is 2.39. The van der Waals surface area contributed by atoms with E-state index in [4.69, 9.17) is 0 Å². The number of ketones is 1. The predicted octanol–water partition coefficient (Wildman–Crippen LogP) is 1.99. The van der Waals surface area contributed by atoms with Gasteiger partial charge in [0, 0.05) is 18.0 Å². The van der Waals surface area contributed by atoms with Crippen LogP contribution >= 0.6 is 0 Å². The standard InChI is InChI=1S/C11H6F2N2O/c12-8-2-1-7(5-9(8)13)11(16)10-6-14-3-4-15-10/h1-6H.